The molecule has 0 spiro atoms. The van der Waals surface area contributed by atoms with E-state index in [-0.39, 0.29) is 33.5 Å². The molecule has 0 radical (unpaired) electrons. The Morgan fingerprint density at radius 1 is 0.914 bits per heavy atom. The van der Waals surface area contributed by atoms with E-state index in [1.807, 2.05) is 6.92 Å². The molecular formula is C30H46O5. The highest BCUT2D eigenvalue weighted by Crippen LogP contribution is 2.75. The minimum atomic E-state index is -0.879. The molecule has 5 aliphatic carbocycles. The Kier molecular flexibility index (Phi) is 5.40. The first kappa shape index (κ1) is 25.4. The number of aldehydes is 1. The number of fused-ring (bicyclic) bond motifs is 7. The van der Waals surface area contributed by atoms with E-state index >= 15 is 0 Å². The van der Waals surface area contributed by atoms with Crippen molar-refractivity contribution in [3.05, 3.63) is 11.6 Å². The number of carboxylic acids is 1. The number of carboxylic acid groups (broad SMARTS) is 1. The highest BCUT2D eigenvalue weighted by molar-refractivity contribution is 5.77. The molecule has 35 heavy (non-hydrogen) atoms. The summed E-state index contributed by atoms with van der Waals surface area (Å²) < 4.78 is 0. The molecule has 0 bridgehead atoms. The van der Waals surface area contributed by atoms with Gasteiger partial charge in [-0.25, -0.2) is 0 Å². The number of carbonyl (C=O) groups is 2. The summed E-state index contributed by atoms with van der Waals surface area (Å²) in [6, 6.07) is 0. The molecule has 3 N–H and O–H groups in total. The van der Waals surface area contributed by atoms with Gasteiger partial charge in [-0.2, -0.15) is 0 Å². The molecular weight excluding hydrogens is 440 g/mol. The van der Waals surface area contributed by atoms with Crippen LogP contribution in [0.2, 0.25) is 0 Å². The quantitative estimate of drug-likeness (QED) is 0.360. The fourth-order valence-electron chi connectivity index (χ4n) is 10.5. The zero-order chi connectivity index (χ0) is 25.8. The van der Waals surface area contributed by atoms with Gasteiger partial charge in [0.05, 0.1) is 23.0 Å². The summed E-state index contributed by atoms with van der Waals surface area (Å²) in [5, 5.41) is 32.2. The average Bonchev–Trinajstić information content (AvgIpc) is 2.78. The minimum absolute atomic E-state index is 0.0132. The third kappa shape index (κ3) is 2.94. The third-order valence-electron chi connectivity index (χ3n) is 13.2. The molecule has 5 aliphatic rings. The number of rotatable bonds is 2. The summed E-state index contributed by atoms with van der Waals surface area (Å²) in [4.78, 5) is 25.1. The van der Waals surface area contributed by atoms with Crippen LogP contribution in [0.5, 0.6) is 0 Å². The Balaban J connectivity index is 1.61. The lowest BCUT2D eigenvalue weighted by Crippen LogP contribution is -2.66. The number of carbonyl (C=O) groups excluding carboxylic acids is 1. The van der Waals surface area contributed by atoms with Gasteiger partial charge in [0.2, 0.25) is 0 Å². The summed E-state index contributed by atoms with van der Waals surface area (Å²) in [5.74, 6) is -0.230. The molecule has 0 aliphatic heterocycles. The predicted octanol–water partition coefficient (Wildman–Crippen LogP) is 5.38. The molecule has 5 heteroatoms. The van der Waals surface area contributed by atoms with Gasteiger partial charge in [-0.15, -0.1) is 0 Å². The normalized spacial score (nSPS) is 54.9. The fraction of sp³-hybridized carbons (Fsp3) is 0.867. The van der Waals surface area contributed by atoms with Crippen LogP contribution in [0.15, 0.2) is 11.6 Å². The predicted molar refractivity (Wildman–Crippen MR) is 134 cm³/mol. The van der Waals surface area contributed by atoms with Gasteiger partial charge in [-0.3, -0.25) is 4.79 Å². The molecule has 5 rings (SSSR count). The Morgan fingerprint density at radius 2 is 1.60 bits per heavy atom. The van der Waals surface area contributed by atoms with Crippen LogP contribution in [0.4, 0.5) is 0 Å². The molecule has 4 fully saturated rings. The van der Waals surface area contributed by atoms with E-state index in [0.717, 1.165) is 38.4 Å². The Labute approximate surface area is 210 Å². The number of hydrogen-bond donors (Lipinski definition) is 3. The van der Waals surface area contributed by atoms with Crippen molar-refractivity contribution in [1.29, 1.82) is 0 Å². The summed E-state index contributed by atoms with van der Waals surface area (Å²) >= 11 is 0. The van der Waals surface area contributed by atoms with Crippen LogP contribution in [0.25, 0.3) is 0 Å². The van der Waals surface area contributed by atoms with E-state index < -0.39 is 29.0 Å². The fourth-order valence-corrected chi connectivity index (χ4v) is 10.5. The van der Waals surface area contributed by atoms with Crippen LogP contribution in [0.1, 0.15) is 99.3 Å². The molecule has 0 aromatic carbocycles. The number of aliphatic hydroxyl groups is 2. The Hall–Kier alpha value is -1.20. The number of aliphatic hydroxyl groups excluding tert-OH is 2. The topological polar surface area (TPSA) is 94.8 Å². The van der Waals surface area contributed by atoms with E-state index in [4.69, 9.17) is 0 Å². The summed E-state index contributed by atoms with van der Waals surface area (Å²) in [5.41, 5.74) is -0.672. The van der Waals surface area contributed by atoms with Crippen molar-refractivity contribution in [3.63, 3.8) is 0 Å². The number of hydrogen-bond acceptors (Lipinski definition) is 4. The first-order valence-electron chi connectivity index (χ1n) is 13.9. The lowest BCUT2D eigenvalue weighted by Gasteiger charge is -2.71. The molecule has 4 saturated carbocycles. The van der Waals surface area contributed by atoms with Crippen molar-refractivity contribution in [3.8, 4) is 0 Å². The maximum absolute atomic E-state index is 12.8. The second-order valence-electron chi connectivity index (χ2n) is 14.8. The van der Waals surface area contributed by atoms with Crippen molar-refractivity contribution in [1.82, 2.24) is 0 Å². The standard InChI is InChI=1S/C30H46O5/c1-25(2)15-19-18-7-8-21-26(3)11-10-22(32)27(4,17-31)20(26)9-12-29(21,6)28(18,5)13-14-30(19,24(34)35)16-23(25)33/h7,17,19-23,32-33H,8-16H2,1-6H3,(H,34,35)/t19-,20+,21-,22-,23+,26-,27+,28-,29-,30-/m1/s1. The zero-order valence-corrected chi connectivity index (χ0v) is 22.6. The van der Waals surface area contributed by atoms with E-state index in [1.165, 1.54) is 5.57 Å². The highest BCUT2D eigenvalue weighted by atomic mass is 16.4. The van der Waals surface area contributed by atoms with Gasteiger partial charge >= 0.3 is 5.97 Å². The Morgan fingerprint density at radius 3 is 2.23 bits per heavy atom. The summed E-state index contributed by atoms with van der Waals surface area (Å²) in [6.07, 6.45) is 9.18. The van der Waals surface area contributed by atoms with E-state index in [1.54, 1.807) is 0 Å². The van der Waals surface area contributed by atoms with E-state index in [2.05, 4.69) is 40.7 Å². The molecule has 0 unspecified atom stereocenters. The summed E-state index contributed by atoms with van der Waals surface area (Å²) in [6.45, 7) is 13.4. The van der Waals surface area contributed by atoms with Crippen LogP contribution in [0, 0.1) is 50.2 Å². The van der Waals surface area contributed by atoms with Crippen molar-refractivity contribution in [2.45, 2.75) is 112 Å². The van der Waals surface area contributed by atoms with Gasteiger partial charge < -0.3 is 20.1 Å². The lowest BCUT2D eigenvalue weighted by molar-refractivity contribution is -0.207. The van der Waals surface area contributed by atoms with Crippen LogP contribution in [-0.2, 0) is 9.59 Å². The highest BCUT2D eigenvalue weighted by Gasteiger charge is 2.70. The second-order valence-corrected chi connectivity index (χ2v) is 14.8. The van der Waals surface area contributed by atoms with Gasteiger partial charge in [0, 0.05) is 0 Å². The van der Waals surface area contributed by atoms with Crippen molar-refractivity contribution < 1.29 is 24.9 Å². The van der Waals surface area contributed by atoms with Crippen LogP contribution in [-0.4, -0.2) is 39.8 Å². The molecule has 0 saturated heterocycles. The van der Waals surface area contributed by atoms with E-state index in [9.17, 15) is 24.9 Å². The van der Waals surface area contributed by atoms with Crippen LogP contribution >= 0.6 is 0 Å². The first-order chi connectivity index (χ1) is 16.1. The largest absolute Gasteiger partial charge is 0.481 e. The maximum atomic E-state index is 12.8. The van der Waals surface area contributed by atoms with Gasteiger partial charge in [0.15, 0.2) is 0 Å². The molecule has 196 valence electrons. The third-order valence-corrected chi connectivity index (χ3v) is 13.2. The first-order valence-corrected chi connectivity index (χ1v) is 13.9. The minimum Gasteiger partial charge on any atom is -0.481 e. The number of allylic oxidation sites excluding steroid dienone is 2. The SMILES string of the molecule is CC1(C)C[C@@H]2C3=CC[C@@H]4[C@]5(C)CC[C@@H](O)[C@@](C)(C=O)[C@H]5CC[C@@]4(C)[C@]3(C)CC[C@@]2(C(=O)O)C[C@@H]1O. The average molecular weight is 487 g/mol. The van der Waals surface area contributed by atoms with Crippen molar-refractivity contribution in [2.75, 3.05) is 0 Å². The van der Waals surface area contributed by atoms with Crippen molar-refractivity contribution >= 4 is 12.3 Å². The van der Waals surface area contributed by atoms with Crippen molar-refractivity contribution in [2.24, 2.45) is 50.2 Å². The maximum Gasteiger partial charge on any atom is 0.310 e. The van der Waals surface area contributed by atoms with Gasteiger partial charge in [-0.1, -0.05) is 53.2 Å². The van der Waals surface area contributed by atoms with Gasteiger partial charge in [-0.05, 0) is 97.2 Å². The molecule has 10 atom stereocenters. The van der Waals surface area contributed by atoms with Crippen LogP contribution < -0.4 is 0 Å². The monoisotopic (exact) mass is 486 g/mol. The van der Waals surface area contributed by atoms with E-state index in [0.29, 0.717) is 31.6 Å². The zero-order valence-electron chi connectivity index (χ0n) is 22.6. The molecule has 0 heterocycles. The van der Waals surface area contributed by atoms with Gasteiger partial charge in [0.25, 0.3) is 0 Å². The Bertz CT molecular complexity index is 970. The smallest absolute Gasteiger partial charge is 0.310 e. The van der Waals surface area contributed by atoms with Crippen LogP contribution in [0.3, 0.4) is 0 Å². The van der Waals surface area contributed by atoms with Gasteiger partial charge in [0.1, 0.15) is 6.29 Å². The number of aliphatic carboxylic acids is 1. The second kappa shape index (κ2) is 7.43. The molecule has 0 amide bonds. The summed E-state index contributed by atoms with van der Waals surface area (Å²) in [7, 11) is 0. The molecule has 0 aromatic heterocycles. The molecule has 5 nitrogen and oxygen atoms in total. The molecule has 0 aromatic rings. The lowest BCUT2D eigenvalue weighted by atomic mass is 9.33.